The van der Waals surface area contributed by atoms with Crippen molar-refractivity contribution < 1.29 is 14.5 Å². The van der Waals surface area contributed by atoms with E-state index in [0.717, 1.165) is 24.2 Å². The van der Waals surface area contributed by atoms with Crippen LogP contribution in [0.2, 0.25) is 0 Å². The Kier molecular flexibility index (Phi) is 7.47. The standard InChI is InChI=1S/C21H25N5O4/c1-2-3-11-30-20-10-5-4-9-17(20)18-13-19(24-23-18)21(27)25-22-14-15-7-6-8-16(12-15)26(28)29/h4-10,12,14,18-19,23-24H,2-3,11,13H2,1H3,(H,25,27)/b22-14+. The number of nitrogens with one attached hydrogen (secondary N) is 3. The van der Waals surface area contributed by atoms with E-state index in [1.807, 2.05) is 24.3 Å². The molecule has 1 amide bonds. The number of benzene rings is 2. The van der Waals surface area contributed by atoms with Gasteiger partial charge in [0.05, 0.1) is 23.8 Å². The van der Waals surface area contributed by atoms with Gasteiger partial charge in [-0.2, -0.15) is 5.10 Å². The maximum Gasteiger partial charge on any atom is 0.270 e. The lowest BCUT2D eigenvalue weighted by molar-refractivity contribution is -0.384. The Morgan fingerprint density at radius 3 is 2.93 bits per heavy atom. The Labute approximate surface area is 174 Å². The predicted molar refractivity (Wildman–Crippen MR) is 113 cm³/mol. The van der Waals surface area contributed by atoms with E-state index in [9.17, 15) is 14.9 Å². The number of nitro benzene ring substituents is 1. The van der Waals surface area contributed by atoms with E-state index in [4.69, 9.17) is 4.74 Å². The molecule has 158 valence electrons. The number of amides is 1. The minimum atomic E-state index is -0.478. The van der Waals surface area contributed by atoms with Crippen molar-refractivity contribution in [1.29, 1.82) is 0 Å². The van der Waals surface area contributed by atoms with Crippen molar-refractivity contribution in [3.05, 3.63) is 69.8 Å². The fraction of sp³-hybridized carbons (Fsp3) is 0.333. The van der Waals surface area contributed by atoms with Crippen LogP contribution in [-0.2, 0) is 4.79 Å². The molecule has 1 heterocycles. The van der Waals surface area contributed by atoms with Crippen LogP contribution in [0.4, 0.5) is 5.69 Å². The maximum absolute atomic E-state index is 12.4. The highest BCUT2D eigenvalue weighted by Gasteiger charge is 2.31. The number of non-ortho nitro benzene ring substituents is 1. The second-order valence-corrected chi connectivity index (χ2v) is 6.96. The Morgan fingerprint density at radius 2 is 2.13 bits per heavy atom. The van der Waals surface area contributed by atoms with Crippen LogP contribution in [0.5, 0.6) is 5.75 Å². The van der Waals surface area contributed by atoms with Crippen molar-refractivity contribution >= 4 is 17.8 Å². The average molecular weight is 411 g/mol. The fourth-order valence-electron chi connectivity index (χ4n) is 3.13. The zero-order chi connectivity index (χ0) is 21.3. The van der Waals surface area contributed by atoms with Crippen LogP contribution in [0, 0.1) is 10.1 Å². The number of unbranched alkanes of at least 4 members (excludes halogenated alkanes) is 1. The summed E-state index contributed by atoms with van der Waals surface area (Å²) in [7, 11) is 0. The molecule has 0 aliphatic carbocycles. The molecule has 1 saturated heterocycles. The van der Waals surface area contributed by atoms with Crippen LogP contribution in [-0.4, -0.2) is 29.7 Å². The minimum absolute atomic E-state index is 0.0328. The number of carbonyl (C=O) groups is 1. The van der Waals surface area contributed by atoms with Crippen molar-refractivity contribution in [3.8, 4) is 5.75 Å². The molecule has 0 aromatic heterocycles. The molecule has 0 bridgehead atoms. The summed E-state index contributed by atoms with van der Waals surface area (Å²) in [5.74, 6) is 0.520. The molecular formula is C21H25N5O4. The fourth-order valence-corrected chi connectivity index (χ4v) is 3.13. The summed E-state index contributed by atoms with van der Waals surface area (Å²) in [4.78, 5) is 22.8. The molecule has 1 aliphatic heterocycles. The summed E-state index contributed by atoms with van der Waals surface area (Å²) in [5, 5.41) is 14.7. The zero-order valence-corrected chi connectivity index (χ0v) is 16.7. The van der Waals surface area contributed by atoms with Gasteiger partial charge in [0.15, 0.2) is 0 Å². The van der Waals surface area contributed by atoms with Gasteiger partial charge in [0.25, 0.3) is 11.6 Å². The molecule has 0 saturated carbocycles. The van der Waals surface area contributed by atoms with Crippen LogP contribution < -0.4 is 21.0 Å². The number of para-hydroxylation sites is 1. The van der Waals surface area contributed by atoms with Gasteiger partial charge in [0, 0.05) is 23.3 Å². The summed E-state index contributed by atoms with van der Waals surface area (Å²) < 4.78 is 5.89. The van der Waals surface area contributed by atoms with E-state index in [2.05, 4.69) is 28.3 Å². The van der Waals surface area contributed by atoms with Crippen molar-refractivity contribution in [2.45, 2.75) is 38.3 Å². The molecule has 9 heteroatoms. The first-order valence-electron chi connectivity index (χ1n) is 9.88. The van der Waals surface area contributed by atoms with Crippen LogP contribution in [0.1, 0.15) is 43.4 Å². The third-order valence-electron chi connectivity index (χ3n) is 4.74. The van der Waals surface area contributed by atoms with E-state index in [0.29, 0.717) is 18.6 Å². The average Bonchev–Trinajstić information content (AvgIpc) is 3.25. The second-order valence-electron chi connectivity index (χ2n) is 6.96. The normalized spacial score (nSPS) is 18.4. The van der Waals surface area contributed by atoms with E-state index in [-0.39, 0.29) is 17.6 Å². The third-order valence-corrected chi connectivity index (χ3v) is 4.74. The molecule has 0 spiro atoms. The Morgan fingerprint density at radius 1 is 1.30 bits per heavy atom. The topological polar surface area (TPSA) is 118 Å². The summed E-state index contributed by atoms with van der Waals surface area (Å²) in [6.45, 7) is 2.77. The molecule has 2 atom stereocenters. The molecule has 2 aromatic carbocycles. The molecule has 30 heavy (non-hydrogen) atoms. The van der Waals surface area contributed by atoms with Gasteiger partial charge in [-0.25, -0.2) is 16.3 Å². The van der Waals surface area contributed by atoms with Crippen molar-refractivity contribution in [2.24, 2.45) is 5.10 Å². The first-order chi connectivity index (χ1) is 14.6. The highest BCUT2D eigenvalue weighted by Crippen LogP contribution is 2.30. The van der Waals surface area contributed by atoms with Gasteiger partial charge in [-0.15, -0.1) is 0 Å². The zero-order valence-electron chi connectivity index (χ0n) is 16.7. The number of hydrazone groups is 1. The molecule has 1 aliphatic rings. The van der Waals surface area contributed by atoms with Gasteiger partial charge in [-0.1, -0.05) is 43.7 Å². The second kappa shape index (κ2) is 10.5. The first-order valence-corrected chi connectivity index (χ1v) is 9.88. The molecule has 2 unspecified atom stereocenters. The predicted octanol–water partition coefficient (Wildman–Crippen LogP) is 2.83. The van der Waals surface area contributed by atoms with Gasteiger partial charge in [-0.3, -0.25) is 14.9 Å². The molecule has 2 aromatic rings. The maximum atomic E-state index is 12.4. The Hall–Kier alpha value is -3.30. The van der Waals surface area contributed by atoms with Crippen LogP contribution in [0.15, 0.2) is 53.6 Å². The molecular weight excluding hydrogens is 386 g/mol. The summed E-state index contributed by atoms with van der Waals surface area (Å²) >= 11 is 0. The highest BCUT2D eigenvalue weighted by molar-refractivity contribution is 5.85. The van der Waals surface area contributed by atoms with Gasteiger partial charge in [0.2, 0.25) is 0 Å². The smallest absolute Gasteiger partial charge is 0.270 e. The number of rotatable bonds is 9. The number of nitrogens with zero attached hydrogens (tertiary/aromatic N) is 2. The summed E-state index contributed by atoms with van der Waals surface area (Å²) in [5.41, 5.74) is 10.1. The van der Waals surface area contributed by atoms with Crippen molar-refractivity contribution in [2.75, 3.05) is 6.61 Å². The molecule has 9 nitrogen and oxygen atoms in total. The number of hydrogen-bond acceptors (Lipinski definition) is 7. The van der Waals surface area contributed by atoms with E-state index < -0.39 is 11.0 Å². The molecule has 0 radical (unpaired) electrons. The molecule has 1 fully saturated rings. The van der Waals surface area contributed by atoms with Crippen LogP contribution in [0.3, 0.4) is 0 Å². The lowest BCUT2D eigenvalue weighted by Crippen LogP contribution is -2.41. The number of hydrazine groups is 1. The van der Waals surface area contributed by atoms with Gasteiger partial charge < -0.3 is 4.74 Å². The number of hydrogen-bond donors (Lipinski definition) is 3. The SMILES string of the molecule is CCCCOc1ccccc1C1CC(C(=O)N/N=C/c2cccc([N+](=O)[O-])c2)NN1. The van der Waals surface area contributed by atoms with E-state index in [1.54, 1.807) is 12.1 Å². The van der Waals surface area contributed by atoms with E-state index in [1.165, 1.54) is 18.3 Å². The summed E-state index contributed by atoms with van der Waals surface area (Å²) in [6, 6.07) is 13.3. The Balaban J connectivity index is 1.56. The van der Waals surface area contributed by atoms with Crippen LogP contribution in [0.25, 0.3) is 0 Å². The Bertz CT molecular complexity index is 918. The first kappa shape index (κ1) is 21.4. The quantitative estimate of drug-likeness (QED) is 0.253. The minimum Gasteiger partial charge on any atom is -0.493 e. The van der Waals surface area contributed by atoms with Gasteiger partial charge >= 0.3 is 0 Å². The number of carbonyl (C=O) groups excluding carboxylic acids is 1. The summed E-state index contributed by atoms with van der Waals surface area (Å²) in [6.07, 6.45) is 3.96. The molecule has 3 rings (SSSR count). The van der Waals surface area contributed by atoms with Crippen LogP contribution >= 0.6 is 0 Å². The highest BCUT2D eigenvalue weighted by atomic mass is 16.6. The van der Waals surface area contributed by atoms with Crippen molar-refractivity contribution in [3.63, 3.8) is 0 Å². The lowest BCUT2D eigenvalue weighted by Gasteiger charge is -2.15. The lowest BCUT2D eigenvalue weighted by atomic mass is 10.0. The third kappa shape index (κ3) is 5.62. The van der Waals surface area contributed by atoms with Gasteiger partial charge in [-0.05, 0) is 18.9 Å². The monoisotopic (exact) mass is 411 g/mol. The number of nitro groups is 1. The van der Waals surface area contributed by atoms with Gasteiger partial charge in [0.1, 0.15) is 11.8 Å². The number of ether oxygens (including phenoxy) is 1. The molecule has 3 N–H and O–H groups in total. The van der Waals surface area contributed by atoms with E-state index >= 15 is 0 Å². The van der Waals surface area contributed by atoms with Crippen molar-refractivity contribution in [1.82, 2.24) is 16.3 Å². The largest absolute Gasteiger partial charge is 0.493 e.